The van der Waals surface area contributed by atoms with Gasteiger partial charge in [0.15, 0.2) is 81.4 Å². The fourth-order valence-corrected chi connectivity index (χ4v) is 3.36. The molecular formula is C20HF14N. The Morgan fingerprint density at radius 2 is 0.429 bits per heavy atom. The first-order valence-electron chi connectivity index (χ1n) is 8.65. The second-order valence-corrected chi connectivity index (χ2v) is 6.77. The van der Waals surface area contributed by atoms with Crippen LogP contribution in [0.2, 0.25) is 0 Å². The first kappa shape index (κ1) is 24.3. The maximum absolute atomic E-state index is 14.5. The molecule has 4 rings (SSSR count). The molecule has 4 aromatic carbocycles. The van der Waals surface area contributed by atoms with E-state index in [4.69, 9.17) is 0 Å². The van der Waals surface area contributed by atoms with Crippen LogP contribution in [0, 0.1) is 81.4 Å². The van der Waals surface area contributed by atoms with Crippen LogP contribution in [0.1, 0.15) is 0 Å². The van der Waals surface area contributed by atoms with E-state index in [9.17, 15) is 61.5 Å². The van der Waals surface area contributed by atoms with Crippen molar-refractivity contribution in [2.45, 2.75) is 0 Å². The average Bonchev–Trinajstić information content (AvgIpc) is 2.83. The molecule has 4 aromatic rings. The molecule has 0 saturated carbocycles. The largest absolute Gasteiger partial charge is 0.349 e. The highest BCUT2D eigenvalue weighted by Crippen LogP contribution is 2.43. The minimum absolute atomic E-state index is 1.14. The molecule has 0 fully saturated rings. The number of rotatable bonds is 2. The van der Waals surface area contributed by atoms with Gasteiger partial charge in [0, 0.05) is 0 Å². The van der Waals surface area contributed by atoms with Crippen molar-refractivity contribution < 1.29 is 61.5 Å². The van der Waals surface area contributed by atoms with Crippen molar-refractivity contribution >= 4 is 32.9 Å². The Bertz CT molecular complexity index is 1480. The van der Waals surface area contributed by atoms with Crippen molar-refractivity contribution in [2.75, 3.05) is 5.32 Å². The van der Waals surface area contributed by atoms with E-state index in [1.165, 1.54) is 0 Å². The molecule has 0 spiro atoms. The number of hydrogen-bond acceptors (Lipinski definition) is 1. The average molecular weight is 521 g/mol. The predicted octanol–water partition coefficient (Wildman–Crippen LogP) is 7.68. The Balaban J connectivity index is 2.23. The van der Waals surface area contributed by atoms with Crippen LogP contribution in [0.3, 0.4) is 0 Å². The lowest BCUT2D eigenvalue weighted by atomic mass is 10.0. The summed E-state index contributed by atoms with van der Waals surface area (Å²) >= 11 is 0. The van der Waals surface area contributed by atoms with Gasteiger partial charge in [0.05, 0.1) is 32.9 Å². The summed E-state index contributed by atoms with van der Waals surface area (Å²) in [6.45, 7) is 0. The minimum atomic E-state index is -2.74. The molecule has 0 radical (unpaired) electrons. The highest BCUT2D eigenvalue weighted by Gasteiger charge is 2.34. The van der Waals surface area contributed by atoms with Gasteiger partial charge in [-0.25, -0.2) is 61.5 Å². The van der Waals surface area contributed by atoms with E-state index in [-0.39, 0.29) is 0 Å². The first-order valence-corrected chi connectivity index (χ1v) is 8.65. The summed E-state index contributed by atoms with van der Waals surface area (Å²) in [5.41, 5.74) is -4.13. The molecule has 35 heavy (non-hydrogen) atoms. The van der Waals surface area contributed by atoms with Crippen molar-refractivity contribution in [3.05, 3.63) is 81.4 Å². The van der Waals surface area contributed by atoms with Gasteiger partial charge in [0.25, 0.3) is 0 Å². The van der Waals surface area contributed by atoms with Crippen LogP contribution in [0.25, 0.3) is 21.5 Å². The van der Waals surface area contributed by atoms with Crippen LogP contribution >= 0.6 is 0 Å². The Morgan fingerprint density at radius 3 is 0.686 bits per heavy atom. The molecule has 1 N–H and O–H groups in total. The molecule has 0 unspecified atom stereocenters. The van der Waals surface area contributed by atoms with Crippen LogP contribution in [0.15, 0.2) is 0 Å². The normalized spacial score (nSPS) is 11.7. The minimum Gasteiger partial charge on any atom is -0.349 e. The quantitative estimate of drug-likeness (QED) is 0.162. The van der Waals surface area contributed by atoms with Gasteiger partial charge < -0.3 is 5.32 Å². The maximum Gasteiger partial charge on any atom is 0.198 e. The lowest BCUT2D eigenvalue weighted by Gasteiger charge is -2.18. The van der Waals surface area contributed by atoms with Crippen LogP contribution in [0.5, 0.6) is 0 Å². The van der Waals surface area contributed by atoms with E-state index in [0.29, 0.717) is 0 Å². The number of fused-ring (bicyclic) bond motifs is 2. The van der Waals surface area contributed by atoms with Gasteiger partial charge in [-0.2, -0.15) is 0 Å². The summed E-state index contributed by atoms with van der Waals surface area (Å²) in [5.74, 6) is -37.4. The van der Waals surface area contributed by atoms with E-state index in [0.717, 1.165) is 5.32 Å². The Hall–Kier alpha value is -3.78. The van der Waals surface area contributed by atoms with Crippen molar-refractivity contribution in [3.63, 3.8) is 0 Å². The van der Waals surface area contributed by atoms with Gasteiger partial charge in [0.2, 0.25) is 0 Å². The number of anilines is 2. The summed E-state index contributed by atoms with van der Waals surface area (Å²) in [4.78, 5) is 0. The summed E-state index contributed by atoms with van der Waals surface area (Å²) in [7, 11) is 0. The zero-order valence-corrected chi connectivity index (χ0v) is 15.8. The lowest BCUT2D eigenvalue weighted by molar-refractivity contribution is 0.410. The van der Waals surface area contributed by atoms with E-state index in [2.05, 4.69) is 0 Å². The molecule has 1 nitrogen and oxygen atoms in total. The third-order valence-electron chi connectivity index (χ3n) is 4.93. The van der Waals surface area contributed by atoms with Crippen molar-refractivity contribution in [3.8, 4) is 0 Å². The van der Waals surface area contributed by atoms with Gasteiger partial charge in [-0.1, -0.05) is 0 Å². The molecular weight excluding hydrogens is 520 g/mol. The zero-order valence-electron chi connectivity index (χ0n) is 15.8. The summed E-state index contributed by atoms with van der Waals surface area (Å²) in [6, 6.07) is 0. The zero-order chi connectivity index (χ0) is 26.3. The topological polar surface area (TPSA) is 12.0 Å². The fraction of sp³-hybridized carbons (Fsp3) is 0. The summed E-state index contributed by atoms with van der Waals surface area (Å²) in [5, 5.41) is -7.15. The molecule has 0 aromatic heterocycles. The molecule has 15 heteroatoms. The molecule has 0 aliphatic heterocycles. The van der Waals surface area contributed by atoms with Crippen molar-refractivity contribution in [1.82, 2.24) is 0 Å². The van der Waals surface area contributed by atoms with Crippen molar-refractivity contribution in [2.24, 2.45) is 0 Å². The Kier molecular flexibility index (Phi) is 5.48. The van der Waals surface area contributed by atoms with Crippen molar-refractivity contribution in [1.29, 1.82) is 0 Å². The molecule has 0 aliphatic carbocycles. The number of nitrogens with one attached hydrogen (secondary N) is 1. The molecule has 0 saturated heterocycles. The highest BCUT2D eigenvalue weighted by molar-refractivity contribution is 6.02. The van der Waals surface area contributed by atoms with Gasteiger partial charge >= 0.3 is 0 Å². The first-order chi connectivity index (χ1) is 16.2. The second-order valence-electron chi connectivity index (χ2n) is 6.77. The molecule has 0 aliphatic rings. The number of halogens is 14. The van der Waals surface area contributed by atoms with E-state index >= 15 is 0 Å². The van der Waals surface area contributed by atoms with Crippen LogP contribution in [-0.4, -0.2) is 0 Å². The van der Waals surface area contributed by atoms with Crippen LogP contribution in [0.4, 0.5) is 72.8 Å². The number of hydrogen-bond donors (Lipinski definition) is 1. The van der Waals surface area contributed by atoms with Gasteiger partial charge in [0.1, 0.15) is 0 Å². The smallest absolute Gasteiger partial charge is 0.198 e. The molecule has 0 bridgehead atoms. The highest BCUT2D eigenvalue weighted by atomic mass is 19.2. The SMILES string of the molecule is Fc1c(F)c(F)c2c(Nc3c(F)c(F)c(F)c4c(F)c(F)c(F)c(F)c34)c(F)c(F)c(F)c2c1F. The van der Waals surface area contributed by atoms with Gasteiger partial charge in [-0.3, -0.25) is 0 Å². The Labute approximate surface area is 182 Å². The predicted molar refractivity (Wildman–Crippen MR) is 90.6 cm³/mol. The standard InChI is InChI=1S/C20HF14N/c21-5-1-3(9(25)13(29)11(5)27)19(17(33)15(31)7(1)23)35-20-4-2(8(24)16(32)18(20)34)6(22)12(28)14(30)10(4)26/h35H. The molecule has 0 atom stereocenters. The van der Waals surface area contributed by atoms with Crippen LogP contribution < -0.4 is 5.32 Å². The monoisotopic (exact) mass is 521 g/mol. The van der Waals surface area contributed by atoms with E-state index in [1.54, 1.807) is 0 Å². The third-order valence-corrected chi connectivity index (χ3v) is 4.93. The second kappa shape index (κ2) is 7.88. The summed E-state index contributed by atoms with van der Waals surface area (Å²) < 4.78 is 197. The molecule has 184 valence electrons. The molecule has 0 heterocycles. The maximum atomic E-state index is 14.5. The molecule has 0 amide bonds. The van der Waals surface area contributed by atoms with Gasteiger partial charge in [-0.05, 0) is 0 Å². The van der Waals surface area contributed by atoms with Gasteiger partial charge in [-0.15, -0.1) is 0 Å². The lowest BCUT2D eigenvalue weighted by Crippen LogP contribution is -2.11. The van der Waals surface area contributed by atoms with E-state index in [1.807, 2.05) is 0 Å². The third kappa shape index (κ3) is 3.09. The van der Waals surface area contributed by atoms with Crippen LogP contribution in [-0.2, 0) is 0 Å². The Morgan fingerprint density at radius 1 is 0.229 bits per heavy atom. The van der Waals surface area contributed by atoms with E-state index < -0.39 is 114 Å². The number of benzene rings is 4. The summed E-state index contributed by atoms with van der Waals surface area (Å²) in [6.07, 6.45) is 0. The fourth-order valence-electron chi connectivity index (χ4n) is 3.36.